The van der Waals surface area contributed by atoms with Gasteiger partial charge in [-0.3, -0.25) is 4.98 Å². The van der Waals surface area contributed by atoms with Crippen LogP contribution >= 0.6 is 0 Å². The highest BCUT2D eigenvalue weighted by Crippen LogP contribution is 2.48. The van der Waals surface area contributed by atoms with Crippen LogP contribution in [0.3, 0.4) is 0 Å². The quantitative estimate of drug-likeness (QED) is 0.423. The average molecular weight is 434 g/mol. The molecular formula is C29H36FNO. The van der Waals surface area contributed by atoms with Crippen LogP contribution in [0, 0.1) is 11.8 Å². The average Bonchev–Trinajstić information content (AvgIpc) is 3.14. The minimum Gasteiger partial charge on any atom is -0.494 e. The van der Waals surface area contributed by atoms with Crippen LogP contribution in [0.4, 0.5) is 4.39 Å². The first-order chi connectivity index (χ1) is 15.4. The summed E-state index contributed by atoms with van der Waals surface area (Å²) in [6.07, 6.45) is 15.0. The van der Waals surface area contributed by atoms with Gasteiger partial charge in [0, 0.05) is 22.9 Å². The topological polar surface area (TPSA) is 22.1 Å². The highest BCUT2D eigenvalue weighted by Gasteiger charge is 2.38. The van der Waals surface area contributed by atoms with Crippen molar-refractivity contribution in [2.75, 3.05) is 6.61 Å². The summed E-state index contributed by atoms with van der Waals surface area (Å²) in [6.45, 7) is 12.9. The number of aromatic nitrogens is 1. The lowest BCUT2D eigenvalue weighted by Gasteiger charge is -2.37. The van der Waals surface area contributed by atoms with E-state index in [1.54, 1.807) is 6.08 Å². The predicted octanol–water partition coefficient (Wildman–Crippen LogP) is 8.09. The fraction of sp³-hybridized carbons (Fsp3) is 0.483. The fourth-order valence-corrected chi connectivity index (χ4v) is 5.90. The van der Waals surface area contributed by atoms with Gasteiger partial charge in [0.2, 0.25) is 0 Å². The number of ether oxygens (including phenoxy) is 1. The zero-order valence-electron chi connectivity index (χ0n) is 20.0. The Morgan fingerprint density at radius 1 is 1.31 bits per heavy atom. The van der Waals surface area contributed by atoms with Crippen LogP contribution in [0.25, 0.3) is 16.7 Å². The monoisotopic (exact) mass is 433 g/mol. The molecule has 3 aliphatic rings. The summed E-state index contributed by atoms with van der Waals surface area (Å²) in [6, 6.07) is 2.30. The maximum absolute atomic E-state index is 15.1. The van der Waals surface area contributed by atoms with Crippen molar-refractivity contribution in [2.45, 2.75) is 71.9 Å². The third-order valence-electron chi connectivity index (χ3n) is 7.66. The Morgan fingerprint density at radius 2 is 2.06 bits per heavy atom. The molecule has 0 aromatic carbocycles. The van der Waals surface area contributed by atoms with E-state index in [4.69, 9.17) is 9.72 Å². The molecule has 0 saturated heterocycles. The van der Waals surface area contributed by atoms with E-state index in [2.05, 4.69) is 51.6 Å². The number of fused-ring (bicyclic) bond motifs is 1. The van der Waals surface area contributed by atoms with E-state index in [1.165, 1.54) is 22.3 Å². The number of allylic oxidation sites excluding steroid dienone is 8. The van der Waals surface area contributed by atoms with Crippen LogP contribution in [0.15, 0.2) is 54.5 Å². The van der Waals surface area contributed by atoms with Crippen LogP contribution in [0.2, 0.25) is 0 Å². The van der Waals surface area contributed by atoms with Crippen molar-refractivity contribution >= 4 is 16.7 Å². The van der Waals surface area contributed by atoms with Crippen molar-refractivity contribution in [1.29, 1.82) is 0 Å². The summed E-state index contributed by atoms with van der Waals surface area (Å²) in [5, 5.41) is 0. The second kappa shape index (κ2) is 9.21. The molecule has 1 aromatic heterocycles. The first-order valence-electron chi connectivity index (χ1n) is 12.1. The van der Waals surface area contributed by atoms with Gasteiger partial charge in [-0.1, -0.05) is 19.1 Å². The van der Waals surface area contributed by atoms with Gasteiger partial charge in [-0.25, -0.2) is 4.39 Å². The molecule has 1 fully saturated rings. The van der Waals surface area contributed by atoms with E-state index in [-0.39, 0.29) is 0 Å². The van der Waals surface area contributed by atoms with Crippen molar-refractivity contribution in [3.05, 3.63) is 71.3 Å². The molecule has 3 heteroatoms. The molecule has 170 valence electrons. The van der Waals surface area contributed by atoms with E-state index in [0.29, 0.717) is 37.7 Å². The molecule has 1 atom stereocenters. The Bertz CT molecular complexity index is 1020. The number of nitrogens with zero attached hydrogens (tertiary/aromatic N) is 1. The van der Waals surface area contributed by atoms with E-state index in [9.17, 15) is 0 Å². The third-order valence-corrected chi connectivity index (χ3v) is 7.66. The SMILES string of the molecule is C=CCC1(F)CCC(C(CC)C2=C/C(=C/C)c3ncc(C4=C(C)OCC=C4C)cc32)CC1. The molecule has 0 bridgehead atoms. The summed E-state index contributed by atoms with van der Waals surface area (Å²) < 4.78 is 20.9. The Morgan fingerprint density at radius 3 is 2.69 bits per heavy atom. The molecule has 2 nitrogen and oxygen atoms in total. The fourth-order valence-electron chi connectivity index (χ4n) is 5.90. The van der Waals surface area contributed by atoms with Crippen molar-refractivity contribution in [2.24, 2.45) is 11.8 Å². The number of hydrogen-bond donors (Lipinski definition) is 0. The molecule has 2 heterocycles. The Kier molecular flexibility index (Phi) is 6.55. The summed E-state index contributed by atoms with van der Waals surface area (Å²) >= 11 is 0. The predicted molar refractivity (Wildman–Crippen MR) is 133 cm³/mol. The van der Waals surface area contributed by atoms with Gasteiger partial charge in [0.15, 0.2) is 0 Å². The summed E-state index contributed by atoms with van der Waals surface area (Å²) in [5.41, 5.74) is 7.33. The zero-order valence-corrected chi connectivity index (χ0v) is 20.0. The van der Waals surface area contributed by atoms with Gasteiger partial charge in [-0.15, -0.1) is 6.58 Å². The standard InChI is InChI=1S/C29H36FNO/c1-6-12-29(30)13-9-22(10-14-29)24(8-3)25-16-21(7-2)28-26(25)17-23(18-31-28)27-19(4)11-15-32-20(27)5/h6-7,11,16-18,22,24H,1,8-10,12-15H2,2-5H3/b21-7-. The molecule has 4 rings (SSSR count). The van der Waals surface area contributed by atoms with E-state index < -0.39 is 5.67 Å². The number of alkyl halides is 1. The molecule has 1 unspecified atom stereocenters. The molecule has 2 aliphatic carbocycles. The van der Waals surface area contributed by atoms with Crippen molar-refractivity contribution in [1.82, 2.24) is 4.98 Å². The highest BCUT2D eigenvalue weighted by molar-refractivity contribution is 5.96. The molecule has 1 saturated carbocycles. The summed E-state index contributed by atoms with van der Waals surface area (Å²) in [7, 11) is 0. The third kappa shape index (κ3) is 4.14. The van der Waals surface area contributed by atoms with E-state index >= 15 is 4.39 Å². The minimum atomic E-state index is -1.06. The lowest BCUT2D eigenvalue weighted by molar-refractivity contribution is 0.0762. The molecule has 0 spiro atoms. The van der Waals surface area contributed by atoms with Crippen LogP contribution in [-0.2, 0) is 4.74 Å². The van der Waals surface area contributed by atoms with Gasteiger partial charge in [0.25, 0.3) is 0 Å². The highest BCUT2D eigenvalue weighted by atomic mass is 19.1. The zero-order chi connectivity index (χ0) is 22.9. The lowest BCUT2D eigenvalue weighted by atomic mass is 9.70. The normalized spacial score (nSPS) is 27.5. The second-order valence-electron chi connectivity index (χ2n) is 9.59. The lowest BCUT2D eigenvalue weighted by Crippen LogP contribution is -2.32. The minimum absolute atomic E-state index is 0.422. The Balaban J connectivity index is 1.68. The molecule has 0 N–H and O–H groups in total. The smallest absolute Gasteiger partial charge is 0.114 e. The number of halogens is 1. The molecule has 0 amide bonds. The molecular weight excluding hydrogens is 397 g/mol. The van der Waals surface area contributed by atoms with Crippen LogP contribution < -0.4 is 0 Å². The molecule has 1 aliphatic heterocycles. The van der Waals surface area contributed by atoms with Crippen molar-refractivity contribution in [3.8, 4) is 0 Å². The Labute approximate surface area is 192 Å². The van der Waals surface area contributed by atoms with Gasteiger partial charge in [0.1, 0.15) is 18.0 Å². The largest absolute Gasteiger partial charge is 0.494 e. The van der Waals surface area contributed by atoms with Gasteiger partial charge in [-0.05, 0) is 106 Å². The van der Waals surface area contributed by atoms with E-state index in [1.807, 2.05) is 13.1 Å². The number of rotatable bonds is 6. The second-order valence-corrected chi connectivity index (χ2v) is 9.59. The number of pyridine rings is 1. The van der Waals surface area contributed by atoms with Gasteiger partial charge < -0.3 is 4.74 Å². The summed E-state index contributed by atoms with van der Waals surface area (Å²) in [4.78, 5) is 4.91. The maximum atomic E-state index is 15.1. The van der Waals surface area contributed by atoms with Crippen LogP contribution in [0.1, 0.15) is 83.0 Å². The summed E-state index contributed by atoms with van der Waals surface area (Å²) in [5.74, 6) is 1.89. The maximum Gasteiger partial charge on any atom is 0.114 e. The first kappa shape index (κ1) is 22.8. The van der Waals surface area contributed by atoms with Gasteiger partial charge >= 0.3 is 0 Å². The van der Waals surface area contributed by atoms with Gasteiger partial charge in [0.05, 0.1) is 5.69 Å². The molecule has 32 heavy (non-hydrogen) atoms. The van der Waals surface area contributed by atoms with Crippen LogP contribution in [0.5, 0.6) is 0 Å². The van der Waals surface area contributed by atoms with Gasteiger partial charge in [-0.2, -0.15) is 0 Å². The Hall–Kier alpha value is -2.42. The molecule has 1 aromatic rings. The van der Waals surface area contributed by atoms with Crippen LogP contribution in [-0.4, -0.2) is 17.3 Å². The first-order valence-corrected chi connectivity index (χ1v) is 12.1. The van der Waals surface area contributed by atoms with Crippen molar-refractivity contribution in [3.63, 3.8) is 0 Å². The van der Waals surface area contributed by atoms with E-state index in [0.717, 1.165) is 41.9 Å². The number of hydrogen-bond acceptors (Lipinski definition) is 2. The molecule has 0 radical (unpaired) electrons. The van der Waals surface area contributed by atoms with Crippen molar-refractivity contribution < 1.29 is 9.13 Å².